The van der Waals surface area contributed by atoms with Gasteiger partial charge in [-0.2, -0.15) is 0 Å². The summed E-state index contributed by atoms with van der Waals surface area (Å²) in [5.41, 5.74) is 2.76. The number of nitrogens with zero attached hydrogens (tertiary/aromatic N) is 2. The van der Waals surface area contributed by atoms with E-state index in [1.54, 1.807) is 12.1 Å². The molecule has 1 aliphatic heterocycles. The summed E-state index contributed by atoms with van der Waals surface area (Å²) >= 11 is 0. The van der Waals surface area contributed by atoms with Crippen LogP contribution in [0, 0.1) is 18.6 Å². The molecule has 2 aromatic rings. The van der Waals surface area contributed by atoms with Crippen molar-refractivity contribution in [3.63, 3.8) is 0 Å². The fraction of sp³-hybridized carbons (Fsp3) is 0.484. The average Bonchev–Trinajstić information content (AvgIpc) is 2.87. The van der Waals surface area contributed by atoms with Crippen molar-refractivity contribution in [2.45, 2.75) is 95.7 Å². The van der Waals surface area contributed by atoms with E-state index in [1.165, 1.54) is 11.6 Å². The van der Waals surface area contributed by atoms with Crippen molar-refractivity contribution in [1.29, 1.82) is 0 Å². The summed E-state index contributed by atoms with van der Waals surface area (Å²) in [6.45, 7) is 14.2. The lowest BCUT2D eigenvalue weighted by Gasteiger charge is -2.47. The Morgan fingerprint density at radius 3 is 2.44 bits per heavy atom. The van der Waals surface area contributed by atoms with Gasteiger partial charge in [-0.05, 0) is 77.0 Å². The minimum Gasteiger partial charge on any atom is -0.373 e. The summed E-state index contributed by atoms with van der Waals surface area (Å²) < 4.78 is 31.8. The Bertz CT molecular complexity index is 1120. The topological polar surface area (TPSA) is 6.48 Å². The minimum atomic E-state index is -1.95. The third-order valence-electron chi connectivity index (χ3n) is 7.65. The predicted molar refractivity (Wildman–Crippen MR) is 155 cm³/mol. The molecule has 1 aliphatic rings. The molecule has 0 aromatic heterocycles. The van der Waals surface area contributed by atoms with Gasteiger partial charge in [0, 0.05) is 40.8 Å². The van der Waals surface area contributed by atoms with Crippen LogP contribution < -0.4 is 0 Å². The summed E-state index contributed by atoms with van der Waals surface area (Å²) in [5, 5.41) is 0. The average molecular weight is 515 g/mol. The Balaban J connectivity index is 1.98. The first kappa shape index (κ1) is 28.5. The maximum Gasteiger partial charge on any atom is 0.163 e. The van der Waals surface area contributed by atoms with Crippen LogP contribution in [0.4, 0.5) is 8.78 Å². The first-order valence-corrected chi connectivity index (χ1v) is 15.3. The standard InChI is InChI=1S/C31H44F2N2S/c1-8-22-34(24(4)9-2)25(5)18-19-26-12-10-15-30(28-13-11-14-29(32)31(28)33)35(26)36(6,7)27-20-16-23(3)17-21-27/h11,13-14,16-17,20-21,24,26,30H,5-10,12,15,18-19,22H2,1-4H3/t24?,26-,30+/m1/s1. The summed E-state index contributed by atoms with van der Waals surface area (Å²) in [7, 11) is -1.95. The van der Waals surface area contributed by atoms with E-state index >= 15 is 4.39 Å². The number of rotatable bonds is 11. The highest BCUT2D eigenvalue weighted by molar-refractivity contribution is 8.25. The highest BCUT2D eigenvalue weighted by Crippen LogP contribution is 2.50. The second-order valence-corrected chi connectivity index (χ2v) is 12.9. The van der Waals surface area contributed by atoms with Crippen molar-refractivity contribution < 1.29 is 8.78 Å². The lowest BCUT2D eigenvalue weighted by molar-refractivity contribution is 0.177. The van der Waals surface area contributed by atoms with E-state index in [-0.39, 0.29) is 12.1 Å². The van der Waals surface area contributed by atoms with Crippen LogP contribution in [0.3, 0.4) is 0 Å². The monoisotopic (exact) mass is 514 g/mol. The molecule has 36 heavy (non-hydrogen) atoms. The highest BCUT2D eigenvalue weighted by atomic mass is 32.2. The van der Waals surface area contributed by atoms with E-state index in [0.717, 1.165) is 62.1 Å². The van der Waals surface area contributed by atoms with E-state index in [1.807, 2.05) is 0 Å². The fourth-order valence-corrected chi connectivity index (χ4v) is 7.84. The van der Waals surface area contributed by atoms with E-state index < -0.39 is 21.0 Å². The molecule has 0 aliphatic carbocycles. The number of aryl methyl sites for hydroxylation is 1. The number of halogens is 2. The van der Waals surface area contributed by atoms with Gasteiger partial charge in [0.25, 0.3) is 0 Å². The third-order valence-corrected chi connectivity index (χ3v) is 10.2. The van der Waals surface area contributed by atoms with Gasteiger partial charge >= 0.3 is 0 Å². The van der Waals surface area contributed by atoms with Crippen LogP contribution in [-0.2, 0) is 0 Å². The third kappa shape index (κ3) is 6.23. The molecule has 1 heterocycles. The highest BCUT2D eigenvalue weighted by Gasteiger charge is 2.36. The van der Waals surface area contributed by atoms with Gasteiger partial charge in [0.15, 0.2) is 11.6 Å². The van der Waals surface area contributed by atoms with Crippen molar-refractivity contribution in [3.05, 3.63) is 77.5 Å². The Hall–Kier alpha value is -2.11. The second-order valence-electron chi connectivity index (χ2n) is 10.3. The van der Waals surface area contributed by atoms with Crippen LogP contribution in [0.15, 0.2) is 59.6 Å². The van der Waals surface area contributed by atoms with Crippen molar-refractivity contribution in [2.24, 2.45) is 0 Å². The van der Waals surface area contributed by atoms with Gasteiger partial charge in [0.1, 0.15) is 0 Å². The molecule has 3 rings (SSSR count). The zero-order valence-corrected chi connectivity index (χ0v) is 23.4. The molecule has 2 aromatic carbocycles. The Morgan fingerprint density at radius 1 is 1.11 bits per heavy atom. The van der Waals surface area contributed by atoms with Crippen LogP contribution >= 0.6 is 9.39 Å². The first-order chi connectivity index (χ1) is 17.1. The molecular weight excluding hydrogens is 470 g/mol. The molecule has 1 fully saturated rings. The summed E-state index contributed by atoms with van der Waals surface area (Å²) in [4.78, 5) is 3.50. The molecule has 3 atom stereocenters. The molecule has 0 bridgehead atoms. The molecule has 0 radical (unpaired) electrons. The van der Waals surface area contributed by atoms with Gasteiger partial charge < -0.3 is 4.90 Å². The van der Waals surface area contributed by atoms with Crippen LogP contribution in [-0.4, -0.2) is 39.6 Å². The molecular formula is C31H44F2N2S. The van der Waals surface area contributed by atoms with Crippen molar-refractivity contribution in [2.75, 3.05) is 6.54 Å². The van der Waals surface area contributed by atoms with Crippen LogP contribution in [0.5, 0.6) is 0 Å². The first-order valence-electron chi connectivity index (χ1n) is 13.3. The zero-order valence-electron chi connectivity index (χ0n) is 22.6. The predicted octanol–water partition coefficient (Wildman–Crippen LogP) is 8.62. The molecule has 1 unspecified atom stereocenters. The Morgan fingerprint density at radius 2 is 1.81 bits per heavy atom. The van der Waals surface area contributed by atoms with E-state index in [0.29, 0.717) is 11.6 Å². The summed E-state index contributed by atoms with van der Waals surface area (Å²) in [6, 6.07) is 13.2. The smallest absolute Gasteiger partial charge is 0.163 e. The molecule has 0 spiro atoms. The van der Waals surface area contributed by atoms with E-state index in [2.05, 4.69) is 79.5 Å². The van der Waals surface area contributed by atoms with Gasteiger partial charge in [-0.3, -0.25) is 0 Å². The summed E-state index contributed by atoms with van der Waals surface area (Å²) in [6.07, 6.45) is 6.64. The van der Waals surface area contributed by atoms with Crippen LogP contribution in [0.1, 0.15) is 82.9 Å². The molecule has 5 heteroatoms. The van der Waals surface area contributed by atoms with Crippen LogP contribution in [0.25, 0.3) is 0 Å². The van der Waals surface area contributed by atoms with Crippen molar-refractivity contribution in [3.8, 4) is 0 Å². The van der Waals surface area contributed by atoms with Crippen molar-refractivity contribution >= 4 is 21.1 Å². The number of allylic oxidation sites excluding steroid dienone is 1. The molecule has 0 amide bonds. The lowest BCUT2D eigenvalue weighted by atomic mass is 9.90. The Labute approximate surface area is 218 Å². The van der Waals surface area contributed by atoms with E-state index in [4.69, 9.17) is 0 Å². The number of hydrogen-bond acceptors (Lipinski definition) is 2. The number of piperidine rings is 1. The Kier molecular flexibility index (Phi) is 9.82. The van der Waals surface area contributed by atoms with Crippen LogP contribution in [0.2, 0.25) is 0 Å². The maximum atomic E-state index is 15.1. The van der Waals surface area contributed by atoms with Gasteiger partial charge in [-0.1, -0.05) is 62.0 Å². The lowest BCUT2D eigenvalue weighted by Crippen LogP contribution is -2.40. The van der Waals surface area contributed by atoms with Gasteiger partial charge in [0.2, 0.25) is 0 Å². The van der Waals surface area contributed by atoms with Gasteiger partial charge in [-0.25, -0.2) is 13.1 Å². The molecule has 198 valence electrons. The molecule has 0 N–H and O–H groups in total. The maximum absolute atomic E-state index is 15.1. The van der Waals surface area contributed by atoms with Gasteiger partial charge in [0.05, 0.1) is 0 Å². The van der Waals surface area contributed by atoms with E-state index in [9.17, 15) is 4.39 Å². The zero-order chi connectivity index (χ0) is 26.5. The quantitative estimate of drug-likeness (QED) is 0.277. The molecule has 2 nitrogen and oxygen atoms in total. The minimum absolute atomic E-state index is 0.162. The normalized spacial score (nSPS) is 19.7. The SMILES string of the molecule is C=C(CC[C@H]1CCC[C@@H](c2cccc(F)c2F)N1S(=C)(=C)c1ccc(C)cc1)N(CCC)C(C)CC. The largest absolute Gasteiger partial charge is 0.373 e. The second kappa shape index (κ2) is 12.4. The summed E-state index contributed by atoms with van der Waals surface area (Å²) in [5.74, 6) is 7.76. The van der Waals surface area contributed by atoms with Gasteiger partial charge in [-0.15, -0.1) is 9.39 Å². The molecule has 1 saturated heterocycles. The number of benzene rings is 2. The fourth-order valence-electron chi connectivity index (χ4n) is 5.47. The van der Waals surface area contributed by atoms with Crippen molar-refractivity contribution in [1.82, 2.24) is 9.21 Å². The number of hydrogen-bond donors (Lipinski definition) is 0. The molecule has 0 saturated carbocycles.